The van der Waals surface area contributed by atoms with Crippen molar-refractivity contribution in [2.24, 2.45) is 0 Å². The summed E-state index contributed by atoms with van der Waals surface area (Å²) in [6.07, 6.45) is 0. The van der Waals surface area contributed by atoms with Crippen molar-refractivity contribution in [3.63, 3.8) is 0 Å². The SMILES string of the molecule is COc1ccc(OC)c(-c2csc(NC(=O)COc3ccc(F)c(Cl)c3)n2)c1. The molecule has 0 spiro atoms. The molecule has 1 aromatic heterocycles. The minimum Gasteiger partial charge on any atom is -0.497 e. The van der Waals surface area contributed by atoms with E-state index in [2.05, 4.69) is 10.3 Å². The van der Waals surface area contributed by atoms with Crippen molar-refractivity contribution in [2.75, 3.05) is 26.1 Å². The van der Waals surface area contributed by atoms with Gasteiger partial charge in [0.2, 0.25) is 0 Å². The van der Waals surface area contributed by atoms with E-state index in [1.54, 1.807) is 37.8 Å². The van der Waals surface area contributed by atoms with Crippen LogP contribution in [0.2, 0.25) is 5.02 Å². The number of hydrogen-bond donors (Lipinski definition) is 1. The van der Waals surface area contributed by atoms with Crippen LogP contribution in [-0.2, 0) is 4.79 Å². The largest absolute Gasteiger partial charge is 0.497 e. The number of aromatic nitrogens is 1. The third-order valence-corrected chi connectivity index (χ3v) is 4.74. The Morgan fingerprint density at radius 3 is 2.68 bits per heavy atom. The lowest BCUT2D eigenvalue weighted by Gasteiger charge is -2.08. The summed E-state index contributed by atoms with van der Waals surface area (Å²) >= 11 is 6.95. The predicted molar refractivity (Wildman–Crippen MR) is 106 cm³/mol. The third-order valence-electron chi connectivity index (χ3n) is 3.69. The molecule has 1 heterocycles. The van der Waals surface area contributed by atoms with Crippen LogP contribution in [0.25, 0.3) is 11.3 Å². The van der Waals surface area contributed by atoms with Crippen molar-refractivity contribution in [3.05, 3.63) is 52.6 Å². The van der Waals surface area contributed by atoms with Crippen LogP contribution in [0.3, 0.4) is 0 Å². The number of nitrogens with one attached hydrogen (secondary N) is 1. The van der Waals surface area contributed by atoms with Crippen molar-refractivity contribution in [1.29, 1.82) is 0 Å². The monoisotopic (exact) mass is 422 g/mol. The maximum atomic E-state index is 13.1. The quantitative estimate of drug-likeness (QED) is 0.600. The first-order chi connectivity index (χ1) is 13.5. The zero-order valence-corrected chi connectivity index (χ0v) is 16.6. The highest BCUT2D eigenvalue weighted by Crippen LogP contribution is 2.35. The first-order valence-corrected chi connectivity index (χ1v) is 9.31. The van der Waals surface area contributed by atoms with Crippen LogP contribution < -0.4 is 19.5 Å². The van der Waals surface area contributed by atoms with Gasteiger partial charge in [0, 0.05) is 17.0 Å². The van der Waals surface area contributed by atoms with Gasteiger partial charge in [-0.15, -0.1) is 11.3 Å². The Hall–Kier alpha value is -2.84. The van der Waals surface area contributed by atoms with E-state index < -0.39 is 11.7 Å². The molecule has 0 aliphatic rings. The summed E-state index contributed by atoms with van der Waals surface area (Å²) in [4.78, 5) is 16.5. The molecule has 3 rings (SSSR count). The van der Waals surface area contributed by atoms with Gasteiger partial charge in [-0.1, -0.05) is 11.6 Å². The predicted octanol–water partition coefficient (Wildman–Crippen LogP) is 4.64. The number of carbonyl (C=O) groups excluding carboxylic acids is 1. The van der Waals surface area contributed by atoms with Crippen molar-refractivity contribution in [1.82, 2.24) is 4.98 Å². The van der Waals surface area contributed by atoms with E-state index in [0.29, 0.717) is 28.1 Å². The minimum absolute atomic E-state index is 0.0743. The summed E-state index contributed by atoms with van der Waals surface area (Å²) in [5.41, 5.74) is 1.39. The van der Waals surface area contributed by atoms with Crippen LogP contribution >= 0.6 is 22.9 Å². The van der Waals surface area contributed by atoms with E-state index in [1.807, 2.05) is 0 Å². The molecule has 28 heavy (non-hydrogen) atoms. The van der Waals surface area contributed by atoms with Gasteiger partial charge in [-0.05, 0) is 30.3 Å². The second-order valence-electron chi connectivity index (χ2n) is 5.52. The molecule has 1 amide bonds. The molecular weight excluding hydrogens is 407 g/mol. The van der Waals surface area contributed by atoms with Gasteiger partial charge in [-0.2, -0.15) is 0 Å². The van der Waals surface area contributed by atoms with Gasteiger partial charge in [0.1, 0.15) is 23.1 Å². The van der Waals surface area contributed by atoms with Crippen molar-refractivity contribution >= 4 is 34.0 Å². The van der Waals surface area contributed by atoms with Crippen LogP contribution in [0.4, 0.5) is 9.52 Å². The van der Waals surface area contributed by atoms with E-state index in [-0.39, 0.29) is 11.6 Å². The first kappa shape index (κ1) is 19.9. The zero-order chi connectivity index (χ0) is 20.1. The lowest BCUT2D eigenvalue weighted by Crippen LogP contribution is -2.20. The number of rotatable bonds is 7. The standard InChI is InChI=1S/C19H16ClFN2O4S/c1-25-11-4-6-17(26-2)13(7-11)16-10-28-19(22-16)23-18(24)9-27-12-3-5-15(21)14(20)8-12/h3-8,10H,9H2,1-2H3,(H,22,23,24). The van der Waals surface area contributed by atoms with Gasteiger partial charge in [-0.25, -0.2) is 9.37 Å². The Bertz CT molecular complexity index is 996. The number of ether oxygens (including phenoxy) is 3. The zero-order valence-electron chi connectivity index (χ0n) is 15.0. The number of benzene rings is 2. The molecule has 0 bridgehead atoms. The maximum absolute atomic E-state index is 13.1. The molecule has 0 saturated carbocycles. The lowest BCUT2D eigenvalue weighted by molar-refractivity contribution is -0.118. The molecule has 0 aliphatic carbocycles. The van der Waals surface area contributed by atoms with Crippen molar-refractivity contribution in [3.8, 4) is 28.5 Å². The molecule has 146 valence electrons. The fraction of sp³-hybridized carbons (Fsp3) is 0.158. The molecule has 2 aromatic carbocycles. The normalized spacial score (nSPS) is 10.4. The second kappa shape index (κ2) is 8.90. The molecule has 1 N–H and O–H groups in total. The number of halogens is 2. The summed E-state index contributed by atoms with van der Waals surface area (Å²) in [6, 6.07) is 9.25. The fourth-order valence-corrected chi connectivity index (χ4v) is 3.24. The highest BCUT2D eigenvalue weighted by atomic mass is 35.5. The molecule has 0 saturated heterocycles. The van der Waals surface area contributed by atoms with Crippen LogP contribution in [0.5, 0.6) is 17.2 Å². The first-order valence-electron chi connectivity index (χ1n) is 8.05. The van der Waals surface area contributed by atoms with Gasteiger partial charge < -0.3 is 14.2 Å². The topological polar surface area (TPSA) is 69.7 Å². The molecule has 6 nitrogen and oxygen atoms in total. The third kappa shape index (κ3) is 4.71. The van der Waals surface area contributed by atoms with Gasteiger partial charge >= 0.3 is 0 Å². The van der Waals surface area contributed by atoms with E-state index in [9.17, 15) is 9.18 Å². The van der Waals surface area contributed by atoms with Gasteiger partial charge in [0.15, 0.2) is 11.7 Å². The molecule has 9 heteroatoms. The Morgan fingerprint density at radius 1 is 1.18 bits per heavy atom. The number of anilines is 1. The van der Waals surface area contributed by atoms with Crippen molar-refractivity contribution in [2.45, 2.75) is 0 Å². The van der Waals surface area contributed by atoms with E-state index in [1.165, 1.54) is 29.5 Å². The lowest BCUT2D eigenvalue weighted by atomic mass is 10.1. The maximum Gasteiger partial charge on any atom is 0.264 e. The molecule has 0 fully saturated rings. The van der Waals surface area contributed by atoms with E-state index in [4.69, 9.17) is 25.8 Å². The minimum atomic E-state index is -0.554. The summed E-state index contributed by atoms with van der Waals surface area (Å²) in [6.45, 7) is -0.265. The van der Waals surface area contributed by atoms with Crippen LogP contribution in [-0.4, -0.2) is 31.7 Å². The molecule has 3 aromatic rings. The average Bonchev–Trinajstić information content (AvgIpc) is 3.16. The fourth-order valence-electron chi connectivity index (χ4n) is 2.34. The summed E-state index contributed by atoms with van der Waals surface area (Å²) in [7, 11) is 3.14. The molecule has 0 aliphatic heterocycles. The average molecular weight is 423 g/mol. The van der Waals surface area contributed by atoms with E-state index in [0.717, 1.165) is 5.56 Å². The smallest absolute Gasteiger partial charge is 0.264 e. The number of hydrogen-bond acceptors (Lipinski definition) is 6. The van der Waals surface area contributed by atoms with Crippen LogP contribution in [0.1, 0.15) is 0 Å². The summed E-state index contributed by atoms with van der Waals surface area (Å²) in [5.74, 6) is 0.643. The number of carbonyl (C=O) groups is 1. The van der Waals surface area contributed by atoms with Gasteiger partial charge in [-0.3, -0.25) is 10.1 Å². The molecule has 0 atom stereocenters. The van der Waals surface area contributed by atoms with Crippen molar-refractivity contribution < 1.29 is 23.4 Å². The Labute approximate surface area is 169 Å². The van der Waals surface area contributed by atoms with E-state index >= 15 is 0 Å². The van der Waals surface area contributed by atoms with Gasteiger partial charge in [0.25, 0.3) is 5.91 Å². The highest BCUT2D eigenvalue weighted by Gasteiger charge is 2.13. The number of thiazole rings is 1. The van der Waals surface area contributed by atoms with Gasteiger partial charge in [0.05, 0.1) is 24.9 Å². The Morgan fingerprint density at radius 2 is 1.96 bits per heavy atom. The summed E-state index contributed by atoms with van der Waals surface area (Å²) in [5, 5.41) is 4.79. The number of nitrogens with zero attached hydrogens (tertiary/aromatic N) is 1. The Balaban J connectivity index is 1.66. The number of methoxy groups -OCH3 is 2. The van der Waals surface area contributed by atoms with Crippen LogP contribution in [0, 0.1) is 5.82 Å². The second-order valence-corrected chi connectivity index (χ2v) is 6.78. The number of amides is 1. The highest BCUT2D eigenvalue weighted by molar-refractivity contribution is 7.14. The Kier molecular flexibility index (Phi) is 6.33. The molecule has 0 radical (unpaired) electrons. The molecule has 0 unspecified atom stereocenters. The summed E-state index contributed by atoms with van der Waals surface area (Å²) < 4.78 is 29.0. The molecular formula is C19H16ClFN2O4S. The van der Waals surface area contributed by atoms with Crippen LogP contribution in [0.15, 0.2) is 41.8 Å².